The number of para-hydroxylation sites is 2. The topological polar surface area (TPSA) is 58.0 Å². The van der Waals surface area contributed by atoms with Gasteiger partial charge in [-0.1, -0.05) is 12.1 Å². The average molecular weight is 377 g/mol. The number of methoxy groups -OCH3 is 1. The molecule has 1 N–H and O–H groups in total. The highest BCUT2D eigenvalue weighted by atomic mass is 16.5. The Balaban J connectivity index is 1.36. The van der Waals surface area contributed by atoms with Gasteiger partial charge >= 0.3 is 0 Å². The molecule has 0 atom stereocenters. The first-order valence-electron chi connectivity index (χ1n) is 9.32. The summed E-state index contributed by atoms with van der Waals surface area (Å²) >= 11 is 0. The van der Waals surface area contributed by atoms with Gasteiger partial charge in [0.1, 0.15) is 5.75 Å². The maximum absolute atomic E-state index is 12.1. The third-order valence-corrected chi connectivity index (χ3v) is 4.94. The summed E-state index contributed by atoms with van der Waals surface area (Å²) < 4.78 is 10.6. The Morgan fingerprint density at radius 3 is 2.32 bits per heavy atom. The maximum atomic E-state index is 12.1. The van der Waals surface area contributed by atoms with E-state index in [1.54, 1.807) is 19.2 Å². The van der Waals surface area contributed by atoms with Gasteiger partial charge in [0.2, 0.25) is 0 Å². The van der Waals surface area contributed by atoms with Crippen LogP contribution in [0, 0.1) is 0 Å². The first-order valence-corrected chi connectivity index (χ1v) is 9.32. The molecule has 4 rings (SSSR count). The zero-order valence-corrected chi connectivity index (χ0v) is 15.8. The minimum atomic E-state index is -0.247. The van der Waals surface area contributed by atoms with Gasteiger partial charge in [-0.2, -0.15) is 0 Å². The van der Waals surface area contributed by atoms with Crippen molar-refractivity contribution in [2.75, 3.05) is 48.4 Å². The number of nitrogens with one attached hydrogen (secondary N) is 1. The summed E-state index contributed by atoms with van der Waals surface area (Å²) in [6, 6.07) is 19.4. The average Bonchev–Trinajstić information content (AvgIpc) is 3.30. The van der Waals surface area contributed by atoms with Crippen LogP contribution in [-0.4, -0.2) is 39.2 Å². The molecule has 3 aromatic rings. The van der Waals surface area contributed by atoms with E-state index < -0.39 is 0 Å². The summed E-state index contributed by atoms with van der Waals surface area (Å²) in [5, 5.41) is 2.84. The van der Waals surface area contributed by atoms with Crippen molar-refractivity contribution in [3.05, 3.63) is 72.7 Å². The zero-order valence-electron chi connectivity index (χ0n) is 15.8. The van der Waals surface area contributed by atoms with Gasteiger partial charge in [-0.15, -0.1) is 0 Å². The molecule has 0 spiro atoms. The van der Waals surface area contributed by atoms with Gasteiger partial charge in [-0.25, -0.2) is 0 Å². The first-order chi connectivity index (χ1) is 13.7. The third-order valence-electron chi connectivity index (χ3n) is 4.94. The van der Waals surface area contributed by atoms with Gasteiger partial charge in [0, 0.05) is 37.6 Å². The molecule has 1 aromatic heterocycles. The van der Waals surface area contributed by atoms with Crippen molar-refractivity contribution in [1.82, 2.24) is 0 Å². The number of rotatable bonds is 5. The molecule has 6 heteroatoms. The molecule has 1 fully saturated rings. The summed E-state index contributed by atoms with van der Waals surface area (Å²) in [7, 11) is 1.71. The zero-order chi connectivity index (χ0) is 19.3. The molecule has 1 aliphatic heterocycles. The number of furan rings is 1. The normalized spacial score (nSPS) is 14.0. The van der Waals surface area contributed by atoms with Gasteiger partial charge in [-0.05, 0) is 48.5 Å². The smallest absolute Gasteiger partial charge is 0.291 e. The SMILES string of the molecule is COc1ccccc1N1CCN(c2ccc(NC(=O)c3ccco3)cc2)CC1. The number of anilines is 3. The molecule has 28 heavy (non-hydrogen) atoms. The molecule has 0 aliphatic carbocycles. The number of hydrogen-bond donors (Lipinski definition) is 1. The molecule has 2 heterocycles. The van der Waals surface area contributed by atoms with Crippen molar-refractivity contribution < 1.29 is 13.9 Å². The Labute approximate surface area is 164 Å². The summed E-state index contributed by atoms with van der Waals surface area (Å²) in [4.78, 5) is 16.8. The second-order valence-electron chi connectivity index (χ2n) is 6.62. The van der Waals surface area contributed by atoms with E-state index in [1.165, 1.54) is 6.26 Å². The van der Waals surface area contributed by atoms with E-state index in [4.69, 9.17) is 9.15 Å². The fourth-order valence-corrected chi connectivity index (χ4v) is 3.45. The Morgan fingerprint density at radius 1 is 0.929 bits per heavy atom. The lowest BCUT2D eigenvalue weighted by Crippen LogP contribution is -2.46. The molecule has 2 aromatic carbocycles. The largest absolute Gasteiger partial charge is 0.495 e. The van der Waals surface area contributed by atoms with Gasteiger partial charge in [0.05, 0.1) is 19.1 Å². The van der Waals surface area contributed by atoms with Gasteiger partial charge in [0.15, 0.2) is 5.76 Å². The number of hydrogen-bond acceptors (Lipinski definition) is 5. The summed E-state index contributed by atoms with van der Waals surface area (Å²) in [5.74, 6) is 0.965. The Hall–Kier alpha value is -3.41. The molecular weight excluding hydrogens is 354 g/mol. The van der Waals surface area contributed by atoms with E-state index in [0.29, 0.717) is 5.76 Å². The van der Waals surface area contributed by atoms with Gasteiger partial charge in [0.25, 0.3) is 5.91 Å². The van der Waals surface area contributed by atoms with Gasteiger partial charge < -0.3 is 24.3 Å². The number of piperazine rings is 1. The van der Waals surface area contributed by atoms with Crippen molar-refractivity contribution in [1.29, 1.82) is 0 Å². The van der Waals surface area contributed by atoms with Crippen LogP contribution in [0.4, 0.5) is 17.1 Å². The highest BCUT2D eigenvalue weighted by molar-refractivity contribution is 6.02. The van der Waals surface area contributed by atoms with E-state index in [0.717, 1.165) is 49.0 Å². The molecule has 1 saturated heterocycles. The molecule has 1 amide bonds. The molecule has 144 valence electrons. The predicted molar refractivity (Wildman–Crippen MR) is 111 cm³/mol. The minimum Gasteiger partial charge on any atom is -0.495 e. The molecular formula is C22H23N3O3. The second-order valence-corrected chi connectivity index (χ2v) is 6.62. The Kier molecular flexibility index (Phi) is 5.19. The lowest BCUT2D eigenvalue weighted by atomic mass is 10.2. The van der Waals surface area contributed by atoms with Crippen molar-refractivity contribution >= 4 is 23.0 Å². The molecule has 1 aliphatic rings. The van der Waals surface area contributed by atoms with Crippen LogP contribution in [0.5, 0.6) is 5.75 Å². The van der Waals surface area contributed by atoms with Crippen LogP contribution in [-0.2, 0) is 0 Å². The summed E-state index contributed by atoms with van der Waals surface area (Å²) in [6.45, 7) is 3.71. The molecule has 0 bridgehead atoms. The monoisotopic (exact) mass is 377 g/mol. The number of amides is 1. The summed E-state index contributed by atoms with van der Waals surface area (Å²) in [5.41, 5.74) is 3.04. The van der Waals surface area contributed by atoms with Crippen molar-refractivity contribution in [3.63, 3.8) is 0 Å². The molecule has 0 saturated carbocycles. The van der Waals surface area contributed by atoms with E-state index in [1.807, 2.05) is 42.5 Å². The number of ether oxygens (including phenoxy) is 1. The standard InChI is InChI=1S/C22H23N3O3/c1-27-20-6-3-2-5-19(20)25-14-12-24(13-15-25)18-10-8-17(9-11-18)23-22(26)21-7-4-16-28-21/h2-11,16H,12-15H2,1H3,(H,23,26). The lowest BCUT2D eigenvalue weighted by molar-refractivity contribution is 0.0996. The van der Waals surface area contributed by atoms with Crippen LogP contribution < -0.4 is 19.9 Å². The molecule has 0 radical (unpaired) electrons. The quantitative estimate of drug-likeness (QED) is 0.732. The van der Waals surface area contributed by atoms with Crippen LogP contribution >= 0.6 is 0 Å². The van der Waals surface area contributed by atoms with Crippen molar-refractivity contribution in [2.24, 2.45) is 0 Å². The Morgan fingerprint density at radius 2 is 1.64 bits per heavy atom. The van der Waals surface area contributed by atoms with Crippen LogP contribution in [0.2, 0.25) is 0 Å². The molecule has 6 nitrogen and oxygen atoms in total. The van der Waals surface area contributed by atoms with Crippen molar-refractivity contribution in [3.8, 4) is 5.75 Å². The first kappa shape index (κ1) is 18.0. The van der Waals surface area contributed by atoms with E-state index in [2.05, 4.69) is 21.2 Å². The van der Waals surface area contributed by atoms with Crippen LogP contribution in [0.1, 0.15) is 10.6 Å². The van der Waals surface area contributed by atoms with Crippen LogP contribution in [0.3, 0.4) is 0 Å². The lowest BCUT2D eigenvalue weighted by Gasteiger charge is -2.37. The maximum Gasteiger partial charge on any atom is 0.291 e. The number of carbonyl (C=O) groups excluding carboxylic acids is 1. The predicted octanol–water partition coefficient (Wildman–Crippen LogP) is 3.87. The Bertz CT molecular complexity index is 914. The number of carbonyl (C=O) groups is 1. The highest BCUT2D eigenvalue weighted by Gasteiger charge is 2.19. The molecule has 0 unspecified atom stereocenters. The third kappa shape index (κ3) is 3.81. The second kappa shape index (κ2) is 8.08. The number of benzene rings is 2. The van der Waals surface area contributed by atoms with E-state index >= 15 is 0 Å². The van der Waals surface area contributed by atoms with E-state index in [9.17, 15) is 4.79 Å². The fraction of sp³-hybridized carbons (Fsp3) is 0.227. The van der Waals surface area contributed by atoms with Crippen LogP contribution in [0.25, 0.3) is 0 Å². The van der Waals surface area contributed by atoms with Gasteiger partial charge in [-0.3, -0.25) is 4.79 Å². The van der Waals surface area contributed by atoms with Crippen LogP contribution in [0.15, 0.2) is 71.3 Å². The van der Waals surface area contributed by atoms with Crippen molar-refractivity contribution in [2.45, 2.75) is 0 Å². The highest BCUT2D eigenvalue weighted by Crippen LogP contribution is 2.29. The minimum absolute atomic E-state index is 0.247. The number of nitrogens with zero attached hydrogens (tertiary/aromatic N) is 2. The van der Waals surface area contributed by atoms with E-state index in [-0.39, 0.29) is 5.91 Å². The summed E-state index contributed by atoms with van der Waals surface area (Å²) in [6.07, 6.45) is 1.49. The fourth-order valence-electron chi connectivity index (χ4n) is 3.45.